The second-order valence-corrected chi connectivity index (χ2v) is 8.17. The van der Waals surface area contributed by atoms with Gasteiger partial charge in [-0.2, -0.15) is 0 Å². The fraction of sp³-hybridized carbons (Fsp3) is 0.385. The number of aryl methyl sites for hydroxylation is 1. The smallest absolute Gasteiger partial charge is 0.326 e. The molecule has 0 bridgehead atoms. The number of hydrogen-bond donors (Lipinski definition) is 1. The average Bonchev–Trinajstić information content (AvgIpc) is 3.36. The minimum Gasteiger partial charge on any atom is -0.492 e. The first-order chi connectivity index (χ1) is 16.3. The molecule has 174 valence electrons. The van der Waals surface area contributed by atoms with Gasteiger partial charge in [-0.1, -0.05) is 30.3 Å². The molecule has 2 heterocycles. The summed E-state index contributed by atoms with van der Waals surface area (Å²) in [4.78, 5) is 19.1. The van der Waals surface area contributed by atoms with Gasteiger partial charge in [0.2, 0.25) is 0 Å². The Morgan fingerprint density at radius 1 is 1.03 bits per heavy atom. The van der Waals surface area contributed by atoms with Gasteiger partial charge in [-0.25, -0.2) is 9.78 Å². The molecule has 1 aliphatic rings. The van der Waals surface area contributed by atoms with Gasteiger partial charge in [0.15, 0.2) is 0 Å². The maximum Gasteiger partial charge on any atom is 0.326 e. The Kier molecular flexibility index (Phi) is 8.49. The number of aromatic nitrogens is 2. The molecule has 2 aromatic carbocycles. The van der Waals surface area contributed by atoms with Crippen LogP contribution >= 0.6 is 0 Å². The van der Waals surface area contributed by atoms with Crippen LogP contribution in [0, 0.1) is 0 Å². The van der Waals surface area contributed by atoms with E-state index in [1.54, 1.807) is 12.5 Å². The number of ether oxygens (including phenoxy) is 2. The van der Waals surface area contributed by atoms with E-state index in [9.17, 15) is 4.79 Å². The third-order valence-corrected chi connectivity index (χ3v) is 5.76. The second kappa shape index (κ2) is 12.2. The van der Waals surface area contributed by atoms with E-state index in [2.05, 4.69) is 39.5 Å². The summed E-state index contributed by atoms with van der Waals surface area (Å²) in [5, 5.41) is 2.96. The Bertz CT molecular complexity index is 982. The maximum atomic E-state index is 12.4. The van der Waals surface area contributed by atoms with Crippen LogP contribution in [0.2, 0.25) is 0 Å². The number of morpholine rings is 1. The Morgan fingerprint density at radius 2 is 1.82 bits per heavy atom. The highest BCUT2D eigenvalue weighted by Crippen LogP contribution is 2.21. The molecule has 0 spiro atoms. The molecule has 1 N–H and O–H groups in total. The van der Waals surface area contributed by atoms with Gasteiger partial charge < -0.3 is 14.8 Å². The van der Waals surface area contributed by atoms with E-state index < -0.39 is 0 Å². The number of nitrogens with zero attached hydrogens (tertiary/aromatic N) is 3. The van der Waals surface area contributed by atoms with Crippen LogP contribution in [-0.2, 0) is 11.2 Å². The van der Waals surface area contributed by atoms with Crippen molar-refractivity contribution in [2.45, 2.75) is 19.3 Å². The summed E-state index contributed by atoms with van der Waals surface area (Å²) >= 11 is 0. The number of amides is 1. The van der Waals surface area contributed by atoms with E-state index in [0.717, 1.165) is 69.1 Å². The van der Waals surface area contributed by atoms with Crippen molar-refractivity contribution in [3.05, 3.63) is 72.7 Å². The number of benzene rings is 2. The third-order valence-electron chi connectivity index (χ3n) is 5.76. The first-order valence-corrected chi connectivity index (χ1v) is 11.7. The van der Waals surface area contributed by atoms with Crippen molar-refractivity contribution >= 4 is 6.03 Å². The van der Waals surface area contributed by atoms with Crippen molar-refractivity contribution in [3.8, 4) is 17.0 Å². The van der Waals surface area contributed by atoms with Crippen molar-refractivity contribution in [1.29, 1.82) is 0 Å². The minimum absolute atomic E-state index is 0.156. The van der Waals surface area contributed by atoms with Crippen molar-refractivity contribution in [1.82, 2.24) is 19.8 Å². The lowest BCUT2D eigenvalue weighted by Crippen LogP contribution is -2.38. The molecule has 1 fully saturated rings. The normalized spacial score (nSPS) is 14.2. The van der Waals surface area contributed by atoms with Crippen LogP contribution in [0.1, 0.15) is 18.4 Å². The lowest BCUT2D eigenvalue weighted by atomic mass is 10.1. The highest BCUT2D eigenvalue weighted by Gasteiger charge is 2.10. The Balaban J connectivity index is 1.18. The van der Waals surface area contributed by atoms with Gasteiger partial charge in [-0.15, -0.1) is 0 Å². The standard InChI is InChI=1S/C26H32N4O3/c31-26(27-13-5-4-8-22-6-2-1-3-7-22)30-20-25(28-21-30)23-9-11-24(12-10-23)33-19-16-29-14-17-32-18-15-29/h1-3,6-7,9-12,20-21H,4-5,8,13-19H2,(H,27,31). The summed E-state index contributed by atoms with van der Waals surface area (Å²) in [6.45, 7) is 5.73. The number of carbonyl (C=O) groups excluding carboxylic acids is 1. The van der Waals surface area contributed by atoms with Gasteiger partial charge in [-0.05, 0) is 49.1 Å². The Hall–Kier alpha value is -3.16. The third kappa shape index (κ3) is 7.17. The summed E-state index contributed by atoms with van der Waals surface area (Å²) in [6.07, 6.45) is 6.32. The molecule has 4 rings (SSSR count). The van der Waals surface area contributed by atoms with Crippen LogP contribution in [0.25, 0.3) is 11.3 Å². The largest absolute Gasteiger partial charge is 0.492 e. The van der Waals surface area contributed by atoms with E-state index >= 15 is 0 Å². The van der Waals surface area contributed by atoms with Gasteiger partial charge in [-0.3, -0.25) is 9.47 Å². The fourth-order valence-electron chi connectivity index (χ4n) is 3.81. The number of hydrogen-bond acceptors (Lipinski definition) is 5. The summed E-state index contributed by atoms with van der Waals surface area (Å²) in [5.41, 5.74) is 3.04. The van der Waals surface area contributed by atoms with Crippen molar-refractivity contribution < 1.29 is 14.3 Å². The molecule has 7 heteroatoms. The topological polar surface area (TPSA) is 68.6 Å². The molecule has 0 aliphatic carbocycles. The van der Waals surface area contributed by atoms with Crippen molar-refractivity contribution in [2.24, 2.45) is 0 Å². The highest BCUT2D eigenvalue weighted by molar-refractivity contribution is 5.77. The highest BCUT2D eigenvalue weighted by atomic mass is 16.5. The van der Waals surface area contributed by atoms with E-state index in [1.165, 1.54) is 10.1 Å². The van der Waals surface area contributed by atoms with Crippen LogP contribution in [-0.4, -0.2) is 66.5 Å². The summed E-state index contributed by atoms with van der Waals surface area (Å²) in [6, 6.07) is 18.1. The van der Waals surface area contributed by atoms with Gasteiger partial charge in [0.05, 0.1) is 18.9 Å². The zero-order valence-electron chi connectivity index (χ0n) is 19.0. The maximum absolute atomic E-state index is 12.4. The number of imidazole rings is 1. The van der Waals surface area contributed by atoms with Crippen molar-refractivity contribution in [3.63, 3.8) is 0 Å². The van der Waals surface area contributed by atoms with E-state index in [0.29, 0.717) is 13.2 Å². The van der Waals surface area contributed by atoms with Crippen LogP contribution in [0.5, 0.6) is 5.75 Å². The molecule has 33 heavy (non-hydrogen) atoms. The quantitative estimate of drug-likeness (QED) is 0.477. The first-order valence-electron chi connectivity index (χ1n) is 11.7. The molecule has 0 saturated carbocycles. The molecule has 1 amide bonds. The first kappa shape index (κ1) is 23.0. The predicted octanol–water partition coefficient (Wildman–Crippen LogP) is 3.84. The summed E-state index contributed by atoms with van der Waals surface area (Å²) < 4.78 is 12.7. The molecule has 7 nitrogen and oxygen atoms in total. The van der Waals surface area contributed by atoms with Crippen LogP contribution in [0.3, 0.4) is 0 Å². The van der Waals surface area contributed by atoms with Crippen LogP contribution < -0.4 is 10.1 Å². The number of carbonyl (C=O) groups is 1. The molecule has 1 aromatic heterocycles. The molecule has 0 unspecified atom stereocenters. The molecule has 1 saturated heterocycles. The predicted molar refractivity (Wildman–Crippen MR) is 129 cm³/mol. The zero-order chi connectivity index (χ0) is 22.7. The fourth-order valence-corrected chi connectivity index (χ4v) is 3.81. The number of unbranched alkanes of at least 4 members (excludes halogenated alkanes) is 1. The Labute approximate surface area is 195 Å². The molecule has 3 aromatic rings. The molecular weight excluding hydrogens is 416 g/mol. The van der Waals surface area contributed by atoms with Crippen LogP contribution in [0.4, 0.5) is 4.79 Å². The van der Waals surface area contributed by atoms with Gasteiger partial charge >= 0.3 is 6.03 Å². The monoisotopic (exact) mass is 448 g/mol. The average molecular weight is 449 g/mol. The number of rotatable bonds is 10. The van der Waals surface area contributed by atoms with Crippen molar-refractivity contribution in [2.75, 3.05) is 46.0 Å². The zero-order valence-corrected chi connectivity index (χ0v) is 19.0. The van der Waals surface area contributed by atoms with E-state index in [1.807, 2.05) is 30.3 Å². The molecular formula is C26H32N4O3. The molecule has 0 atom stereocenters. The van der Waals surface area contributed by atoms with Gasteiger partial charge in [0.1, 0.15) is 18.7 Å². The number of nitrogens with one attached hydrogen (secondary N) is 1. The minimum atomic E-state index is -0.156. The van der Waals surface area contributed by atoms with E-state index in [-0.39, 0.29) is 6.03 Å². The lowest BCUT2D eigenvalue weighted by Gasteiger charge is -2.26. The Morgan fingerprint density at radius 3 is 2.61 bits per heavy atom. The molecule has 0 radical (unpaired) electrons. The van der Waals surface area contributed by atoms with Crippen LogP contribution in [0.15, 0.2) is 67.1 Å². The lowest BCUT2D eigenvalue weighted by molar-refractivity contribution is 0.0322. The van der Waals surface area contributed by atoms with Gasteiger partial charge in [0.25, 0.3) is 0 Å². The summed E-state index contributed by atoms with van der Waals surface area (Å²) in [7, 11) is 0. The van der Waals surface area contributed by atoms with E-state index in [4.69, 9.17) is 9.47 Å². The molecule has 1 aliphatic heterocycles. The summed E-state index contributed by atoms with van der Waals surface area (Å²) in [5.74, 6) is 0.833. The SMILES string of the molecule is O=C(NCCCCc1ccccc1)n1cnc(-c2ccc(OCCN3CCOCC3)cc2)c1. The van der Waals surface area contributed by atoms with Gasteiger partial charge in [0, 0.05) is 37.9 Å². The second-order valence-electron chi connectivity index (χ2n) is 8.17.